The molecule has 0 fully saturated rings. The van der Waals surface area contributed by atoms with Crippen LogP contribution in [0.15, 0.2) is 30.3 Å². The van der Waals surface area contributed by atoms with Gasteiger partial charge in [0.05, 0.1) is 7.11 Å². The van der Waals surface area contributed by atoms with E-state index >= 15 is 0 Å². The lowest BCUT2D eigenvalue weighted by atomic mass is 10.1. The second-order valence-electron chi connectivity index (χ2n) is 3.30. The number of carbonyl (C=O) groups excluding carboxylic acids is 1. The number of aliphatic hydroxyl groups is 1. The fourth-order valence-electron chi connectivity index (χ4n) is 1.21. The number of esters is 1. The lowest BCUT2D eigenvalue weighted by Crippen LogP contribution is -2.06. The van der Waals surface area contributed by atoms with Crippen LogP contribution in [0.1, 0.15) is 12.0 Å². The zero-order chi connectivity index (χ0) is 11.8. The molecule has 1 aromatic carbocycles. The van der Waals surface area contributed by atoms with Crippen molar-refractivity contribution in [1.82, 2.24) is 0 Å². The summed E-state index contributed by atoms with van der Waals surface area (Å²) in [6.45, 7) is 0. The monoisotopic (exact) mass is 218 g/mol. The molecule has 1 aromatic rings. The molecule has 0 aliphatic carbocycles. The van der Waals surface area contributed by atoms with Crippen molar-refractivity contribution in [1.29, 1.82) is 0 Å². The van der Waals surface area contributed by atoms with Crippen LogP contribution in [-0.4, -0.2) is 24.3 Å². The number of hydrogen-bond donors (Lipinski definition) is 1. The van der Waals surface area contributed by atoms with Crippen LogP contribution in [0.2, 0.25) is 0 Å². The van der Waals surface area contributed by atoms with Crippen LogP contribution in [0.5, 0.6) is 0 Å². The third-order valence-corrected chi connectivity index (χ3v) is 2.08. The fraction of sp³-hybridized carbons (Fsp3) is 0.308. The quantitative estimate of drug-likeness (QED) is 0.470. The maximum absolute atomic E-state index is 10.7. The van der Waals surface area contributed by atoms with Crippen LogP contribution in [0.25, 0.3) is 0 Å². The topological polar surface area (TPSA) is 46.5 Å². The molecule has 1 rings (SSSR count). The highest BCUT2D eigenvalue weighted by Gasteiger charge is 2.01. The van der Waals surface area contributed by atoms with Crippen molar-refractivity contribution in [2.75, 3.05) is 7.11 Å². The Labute approximate surface area is 95.1 Å². The van der Waals surface area contributed by atoms with Crippen molar-refractivity contribution in [3.05, 3.63) is 35.9 Å². The summed E-state index contributed by atoms with van der Waals surface area (Å²) in [6, 6.07) is 9.81. The van der Waals surface area contributed by atoms with Gasteiger partial charge in [-0.15, -0.1) is 0 Å². The summed E-state index contributed by atoms with van der Waals surface area (Å²) < 4.78 is 4.34. The van der Waals surface area contributed by atoms with Crippen LogP contribution in [0.4, 0.5) is 0 Å². The summed E-state index contributed by atoms with van der Waals surface area (Å²) in [6.07, 6.45) is 0.450. The minimum Gasteiger partial charge on any atom is -0.459 e. The van der Waals surface area contributed by atoms with Gasteiger partial charge in [0, 0.05) is 5.92 Å². The minimum atomic E-state index is -0.792. The molecule has 1 N–H and O–H groups in total. The molecular weight excluding hydrogens is 204 g/mol. The van der Waals surface area contributed by atoms with Crippen LogP contribution >= 0.6 is 0 Å². The Hall–Kier alpha value is -1.79. The SMILES string of the molecule is COC(=O)C#CC(O)CCc1ccccc1. The van der Waals surface area contributed by atoms with E-state index in [-0.39, 0.29) is 0 Å². The first-order valence-corrected chi connectivity index (χ1v) is 5.04. The predicted molar refractivity (Wildman–Crippen MR) is 60.6 cm³/mol. The Bertz CT molecular complexity index is 387. The molecule has 0 aliphatic rings. The first-order chi connectivity index (χ1) is 7.72. The van der Waals surface area contributed by atoms with E-state index in [1.54, 1.807) is 0 Å². The number of methoxy groups -OCH3 is 1. The Morgan fingerprint density at radius 2 is 2.12 bits per heavy atom. The van der Waals surface area contributed by atoms with Crippen LogP contribution < -0.4 is 0 Å². The predicted octanol–water partition coefficient (Wildman–Crippen LogP) is 1.16. The molecule has 1 unspecified atom stereocenters. The van der Waals surface area contributed by atoms with E-state index in [1.165, 1.54) is 7.11 Å². The van der Waals surface area contributed by atoms with Crippen molar-refractivity contribution in [3.63, 3.8) is 0 Å². The third kappa shape index (κ3) is 4.63. The number of carbonyl (C=O) groups is 1. The first-order valence-electron chi connectivity index (χ1n) is 5.04. The number of hydrogen-bond acceptors (Lipinski definition) is 3. The molecule has 16 heavy (non-hydrogen) atoms. The second kappa shape index (κ2) is 6.65. The van der Waals surface area contributed by atoms with Gasteiger partial charge in [0.15, 0.2) is 0 Å². The van der Waals surface area contributed by atoms with Gasteiger partial charge in [-0.25, -0.2) is 4.79 Å². The van der Waals surface area contributed by atoms with Gasteiger partial charge in [-0.1, -0.05) is 36.3 Å². The smallest absolute Gasteiger partial charge is 0.384 e. The second-order valence-corrected chi connectivity index (χ2v) is 3.30. The average molecular weight is 218 g/mol. The summed E-state index contributed by atoms with van der Waals surface area (Å²) >= 11 is 0. The molecule has 0 saturated heterocycles. The molecule has 1 atom stereocenters. The minimum absolute atomic E-state index is 0.508. The van der Waals surface area contributed by atoms with Gasteiger partial charge in [0.1, 0.15) is 6.10 Å². The average Bonchev–Trinajstić information content (AvgIpc) is 2.34. The standard InChI is InChI=1S/C13H14O3/c1-16-13(15)10-9-12(14)8-7-11-5-3-2-4-6-11/h2-6,12,14H,7-8H2,1H3. The molecule has 0 saturated carbocycles. The maximum Gasteiger partial charge on any atom is 0.384 e. The molecule has 0 amide bonds. The Morgan fingerprint density at radius 3 is 2.75 bits per heavy atom. The molecular formula is C13H14O3. The zero-order valence-corrected chi connectivity index (χ0v) is 9.14. The largest absolute Gasteiger partial charge is 0.459 e. The molecule has 0 heterocycles. The Kier molecular flexibility index (Phi) is 5.10. The molecule has 0 bridgehead atoms. The maximum atomic E-state index is 10.7. The fourth-order valence-corrected chi connectivity index (χ4v) is 1.21. The summed E-state index contributed by atoms with van der Waals surface area (Å²) in [4.78, 5) is 10.7. The van der Waals surface area contributed by atoms with E-state index in [2.05, 4.69) is 16.6 Å². The molecule has 3 nitrogen and oxygen atoms in total. The summed E-state index contributed by atoms with van der Waals surface area (Å²) in [5.41, 5.74) is 1.14. The number of aryl methyl sites for hydroxylation is 1. The molecule has 3 heteroatoms. The summed E-state index contributed by atoms with van der Waals surface area (Å²) in [5.74, 6) is 4.02. The van der Waals surface area contributed by atoms with Crippen molar-refractivity contribution in [3.8, 4) is 11.8 Å². The Morgan fingerprint density at radius 1 is 1.44 bits per heavy atom. The van der Waals surface area contributed by atoms with Gasteiger partial charge in [-0.2, -0.15) is 0 Å². The van der Waals surface area contributed by atoms with Crippen molar-refractivity contribution >= 4 is 5.97 Å². The van der Waals surface area contributed by atoms with Gasteiger partial charge in [-0.3, -0.25) is 0 Å². The van der Waals surface area contributed by atoms with E-state index in [4.69, 9.17) is 0 Å². The lowest BCUT2D eigenvalue weighted by Gasteiger charge is -2.02. The molecule has 0 radical (unpaired) electrons. The van der Waals surface area contributed by atoms with Crippen molar-refractivity contribution in [2.24, 2.45) is 0 Å². The highest BCUT2D eigenvalue weighted by molar-refractivity contribution is 5.88. The van der Waals surface area contributed by atoms with E-state index < -0.39 is 12.1 Å². The molecule has 0 aliphatic heterocycles. The number of ether oxygens (including phenoxy) is 1. The van der Waals surface area contributed by atoms with Crippen LogP contribution in [-0.2, 0) is 16.0 Å². The highest BCUT2D eigenvalue weighted by atomic mass is 16.5. The normalized spacial score (nSPS) is 11.1. The van der Waals surface area contributed by atoms with Gasteiger partial charge in [-0.05, 0) is 18.4 Å². The molecule has 0 spiro atoms. The number of rotatable bonds is 3. The molecule has 84 valence electrons. The van der Waals surface area contributed by atoms with E-state index in [0.717, 1.165) is 12.0 Å². The lowest BCUT2D eigenvalue weighted by molar-refractivity contribution is -0.133. The van der Waals surface area contributed by atoms with Gasteiger partial charge in [0.25, 0.3) is 0 Å². The van der Waals surface area contributed by atoms with Crippen molar-refractivity contribution < 1.29 is 14.6 Å². The van der Waals surface area contributed by atoms with E-state index in [0.29, 0.717) is 6.42 Å². The Balaban J connectivity index is 2.38. The third-order valence-electron chi connectivity index (χ3n) is 2.08. The number of benzene rings is 1. The van der Waals surface area contributed by atoms with Gasteiger partial charge >= 0.3 is 5.97 Å². The van der Waals surface area contributed by atoms with E-state index in [9.17, 15) is 9.90 Å². The van der Waals surface area contributed by atoms with Gasteiger partial charge < -0.3 is 9.84 Å². The zero-order valence-electron chi connectivity index (χ0n) is 9.14. The molecule has 0 aromatic heterocycles. The first kappa shape index (κ1) is 12.3. The van der Waals surface area contributed by atoms with Crippen LogP contribution in [0.3, 0.4) is 0 Å². The van der Waals surface area contributed by atoms with Crippen LogP contribution in [0, 0.1) is 11.8 Å². The van der Waals surface area contributed by atoms with E-state index in [1.807, 2.05) is 30.3 Å². The highest BCUT2D eigenvalue weighted by Crippen LogP contribution is 2.04. The van der Waals surface area contributed by atoms with Gasteiger partial charge in [0.2, 0.25) is 0 Å². The summed E-state index contributed by atoms with van der Waals surface area (Å²) in [5, 5.41) is 9.47. The van der Waals surface area contributed by atoms with Crippen molar-refractivity contribution in [2.45, 2.75) is 18.9 Å². The number of aliphatic hydroxyl groups excluding tert-OH is 1. The summed E-state index contributed by atoms with van der Waals surface area (Å²) in [7, 11) is 1.26.